The molecule has 4 rings (SSSR count). The van der Waals surface area contributed by atoms with Gasteiger partial charge in [0.1, 0.15) is 23.6 Å². The first-order valence-electron chi connectivity index (χ1n) is 8.35. The van der Waals surface area contributed by atoms with Crippen molar-refractivity contribution in [2.45, 2.75) is 12.3 Å². The van der Waals surface area contributed by atoms with E-state index in [-0.39, 0.29) is 11.8 Å². The van der Waals surface area contributed by atoms with Crippen LogP contribution in [0.15, 0.2) is 54.9 Å². The number of hydrogen-bond donors (Lipinski definition) is 1. The lowest BCUT2D eigenvalue weighted by Crippen LogP contribution is -2.24. The van der Waals surface area contributed by atoms with E-state index >= 15 is 0 Å². The molecule has 1 atom stereocenters. The molecule has 3 aromatic rings. The molecule has 0 spiro atoms. The second kappa shape index (κ2) is 6.55. The molecular weight excluding hydrogens is 330 g/mol. The molecule has 0 saturated carbocycles. The first kappa shape index (κ1) is 16.2. The summed E-state index contributed by atoms with van der Waals surface area (Å²) in [5.41, 5.74) is 2.78. The number of aromatic nitrogens is 2. The van der Waals surface area contributed by atoms with Gasteiger partial charge in [-0.25, -0.2) is 4.98 Å². The number of fused-ring (bicyclic) bond motifs is 1. The Morgan fingerprint density at radius 1 is 1.08 bits per heavy atom. The lowest BCUT2D eigenvalue weighted by atomic mass is 9.90. The second-order valence-corrected chi connectivity index (χ2v) is 6.13. The van der Waals surface area contributed by atoms with Crippen LogP contribution in [-0.4, -0.2) is 29.7 Å². The number of nitrogens with one attached hydrogen (secondary N) is 1. The van der Waals surface area contributed by atoms with Crippen LogP contribution in [0.25, 0.3) is 5.69 Å². The van der Waals surface area contributed by atoms with E-state index in [1.807, 2.05) is 53.1 Å². The van der Waals surface area contributed by atoms with Crippen LogP contribution < -0.4 is 14.8 Å². The summed E-state index contributed by atoms with van der Waals surface area (Å²) in [5.74, 6) is 2.13. The third kappa shape index (κ3) is 2.79. The molecule has 0 bridgehead atoms. The maximum Gasteiger partial charge on any atom is 0.226 e. The van der Waals surface area contributed by atoms with E-state index in [1.165, 1.54) is 0 Å². The molecule has 1 N–H and O–H groups in total. The summed E-state index contributed by atoms with van der Waals surface area (Å²) in [4.78, 5) is 16.9. The van der Waals surface area contributed by atoms with Gasteiger partial charge in [0.15, 0.2) is 0 Å². The van der Waals surface area contributed by atoms with Crippen molar-refractivity contribution in [3.63, 3.8) is 0 Å². The maximum atomic E-state index is 12.3. The van der Waals surface area contributed by atoms with Crippen molar-refractivity contribution in [3.05, 3.63) is 66.1 Å². The third-order valence-corrected chi connectivity index (χ3v) is 4.62. The molecule has 2 aromatic carbocycles. The van der Waals surface area contributed by atoms with Crippen LogP contribution in [0.3, 0.4) is 0 Å². The monoisotopic (exact) mass is 349 g/mol. The van der Waals surface area contributed by atoms with Gasteiger partial charge in [-0.1, -0.05) is 18.2 Å². The van der Waals surface area contributed by atoms with Crippen LogP contribution in [0.1, 0.15) is 23.6 Å². The number of benzene rings is 2. The average Bonchev–Trinajstić information content (AvgIpc) is 3.11. The molecule has 0 aliphatic carbocycles. The predicted octanol–water partition coefficient (Wildman–Crippen LogP) is 3.36. The number of rotatable bonds is 4. The molecule has 0 fully saturated rings. The summed E-state index contributed by atoms with van der Waals surface area (Å²) in [7, 11) is 3.26. The fourth-order valence-corrected chi connectivity index (χ4v) is 3.27. The lowest BCUT2D eigenvalue weighted by Gasteiger charge is -2.23. The Kier molecular flexibility index (Phi) is 4.08. The number of imidazole rings is 1. The van der Waals surface area contributed by atoms with Gasteiger partial charge >= 0.3 is 0 Å². The highest BCUT2D eigenvalue weighted by Crippen LogP contribution is 2.38. The highest BCUT2D eigenvalue weighted by atomic mass is 16.5. The molecule has 0 unspecified atom stereocenters. The van der Waals surface area contributed by atoms with Crippen LogP contribution in [0.4, 0.5) is 5.82 Å². The third-order valence-electron chi connectivity index (χ3n) is 4.62. The SMILES string of the molecule is COc1ccc([C@H]2CC(=O)Nc3c2ncn3-c2cccc(OC)c2)cc1. The maximum absolute atomic E-state index is 12.3. The Morgan fingerprint density at radius 3 is 2.58 bits per heavy atom. The zero-order chi connectivity index (χ0) is 18.1. The second-order valence-electron chi connectivity index (χ2n) is 6.13. The highest BCUT2D eigenvalue weighted by Gasteiger charge is 2.31. The van der Waals surface area contributed by atoms with Crippen LogP contribution in [0.5, 0.6) is 11.5 Å². The van der Waals surface area contributed by atoms with Gasteiger partial charge in [0.05, 0.1) is 25.6 Å². The van der Waals surface area contributed by atoms with E-state index in [9.17, 15) is 4.79 Å². The van der Waals surface area contributed by atoms with Crippen LogP contribution >= 0.6 is 0 Å². The number of methoxy groups -OCH3 is 2. The number of amides is 1. The largest absolute Gasteiger partial charge is 0.497 e. The molecule has 1 aromatic heterocycles. The van der Waals surface area contributed by atoms with Crippen LogP contribution in [0.2, 0.25) is 0 Å². The molecule has 6 heteroatoms. The summed E-state index contributed by atoms with van der Waals surface area (Å²) in [6.07, 6.45) is 2.11. The van der Waals surface area contributed by atoms with Gasteiger partial charge in [0.25, 0.3) is 0 Å². The number of carbonyl (C=O) groups excluding carboxylic acids is 1. The van der Waals surface area contributed by atoms with E-state index < -0.39 is 0 Å². The van der Waals surface area contributed by atoms with Crippen molar-refractivity contribution in [3.8, 4) is 17.2 Å². The van der Waals surface area contributed by atoms with Gasteiger partial charge in [-0.3, -0.25) is 9.36 Å². The smallest absolute Gasteiger partial charge is 0.226 e. The first-order chi connectivity index (χ1) is 12.7. The molecule has 26 heavy (non-hydrogen) atoms. The van der Waals surface area contributed by atoms with Gasteiger partial charge in [-0.2, -0.15) is 0 Å². The Labute approximate surface area is 151 Å². The number of carbonyl (C=O) groups is 1. The van der Waals surface area contributed by atoms with Crippen molar-refractivity contribution in [2.75, 3.05) is 19.5 Å². The van der Waals surface area contributed by atoms with Gasteiger partial charge < -0.3 is 14.8 Å². The van der Waals surface area contributed by atoms with Crippen molar-refractivity contribution >= 4 is 11.7 Å². The summed E-state index contributed by atoms with van der Waals surface area (Å²) >= 11 is 0. The average molecular weight is 349 g/mol. The van der Waals surface area contributed by atoms with Crippen LogP contribution in [-0.2, 0) is 4.79 Å². The molecule has 1 aliphatic heterocycles. The number of hydrogen-bond acceptors (Lipinski definition) is 4. The molecule has 132 valence electrons. The number of nitrogens with zero attached hydrogens (tertiary/aromatic N) is 2. The van der Waals surface area contributed by atoms with Crippen molar-refractivity contribution in [2.24, 2.45) is 0 Å². The zero-order valence-corrected chi connectivity index (χ0v) is 14.6. The first-order valence-corrected chi connectivity index (χ1v) is 8.35. The van der Waals surface area contributed by atoms with Gasteiger partial charge in [0, 0.05) is 18.4 Å². The highest BCUT2D eigenvalue weighted by molar-refractivity contribution is 5.94. The number of ether oxygens (including phenoxy) is 2. The molecule has 0 saturated heterocycles. The van der Waals surface area contributed by atoms with Gasteiger partial charge in [0.2, 0.25) is 5.91 Å². The summed E-state index contributed by atoms with van der Waals surface area (Å²) in [5, 5.41) is 2.96. The van der Waals surface area contributed by atoms with Gasteiger partial charge in [-0.15, -0.1) is 0 Å². The molecule has 2 heterocycles. The summed E-state index contributed by atoms with van der Waals surface area (Å²) in [6.45, 7) is 0. The Bertz CT molecular complexity index is 947. The molecule has 0 radical (unpaired) electrons. The normalized spacial score (nSPS) is 15.9. The molecule has 1 aliphatic rings. The standard InChI is InChI=1S/C20H19N3O3/c1-25-15-8-6-13(7-9-15)17-11-18(24)22-20-19(17)21-12-23(20)14-4-3-5-16(10-14)26-2/h3-10,12,17H,11H2,1-2H3,(H,22,24)/t17-/m1/s1. The predicted molar refractivity (Wildman–Crippen MR) is 98.2 cm³/mol. The lowest BCUT2D eigenvalue weighted by molar-refractivity contribution is -0.116. The Morgan fingerprint density at radius 2 is 1.85 bits per heavy atom. The Hall–Kier alpha value is -3.28. The Balaban J connectivity index is 1.76. The number of anilines is 1. The van der Waals surface area contributed by atoms with Gasteiger partial charge in [-0.05, 0) is 29.8 Å². The topological polar surface area (TPSA) is 65.4 Å². The van der Waals surface area contributed by atoms with E-state index in [4.69, 9.17) is 9.47 Å². The van der Waals surface area contributed by atoms with E-state index in [0.29, 0.717) is 12.2 Å². The summed E-state index contributed by atoms with van der Waals surface area (Å²) in [6, 6.07) is 15.4. The molecular formula is C20H19N3O3. The minimum Gasteiger partial charge on any atom is -0.497 e. The minimum absolute atomic E-state index is 0.0250. The van der Waals surface area contributed by atoms with Crippen molar-refractivity contribution in [1.82, 2.24) is 9.55 Å². The molecule has 1 amide bonds. The quantitative estimate of drug-likeness (QED) is 0.784. The summed E-state index contributed by atoms with van der Waals surface area (Å²) < 4.78 is 12.4. The van der Waals surface area contributed by atoms with E-state index in [1.54, 1.807) is 20.5 Å². The zero-order valence-electron chi connectivity index (χ0n) is 14.6. The van der Waals surface area contributed by atoms with Crippen molar-refractivity contribution < 1.29 is 14.3 Å². The van der Waals surface area contributed by atoms with E-state index in [2.05, 4.69) is 10.3 Å². The minimum atomic E-state index is -0.0866. The van der Waals surface area contributed by atoms with Crippen molar-refractivity contribution in [1.29, 1.82) is 0 Å². The fourth-order valence-electron chi connectivity index (χ4n) is 3.27. The van der Waals surface area contributed by atoms with Crippen LogP contribution in [0, 0.1) is 0 Å². The fraction of sp³-hybridized carbons (Fsp3) is 0.200. The molecule has 6 nitrogen and oxygen atoms in total. The van der Waals surface area contributed by atoms with E-state index in [0.717, 1.165) is 28.4 Å².